The zero-order chi connectivity index (χ0) is 31.4. The zero-order valence-corrected chi connectivity index (χ0v) is 26.4. The van der Waals surface area contributed by atoms with Gasteiger partial charge in [0.25, 0.3) is 5.91 Å². The van der Waals surface area contributed by atoms with Gasteiger partial charge in [-0.25, -0.2) is 4.98 Å². The molecule has 3 atom stereocenters. The van der Waals surface area contributed by atoms with Gasteiger partial charge in [-0.2, -0.15) is 0 Å². The Morgan fingerprint density at radius 2 is 1.40 bits per heavy atom. The summed E-state index contributed by atoms with van der Waals surface area (Å²) in [6.07, 6.45) is 16.4. The Kier molecular flexibility index (Phi) is 11.7. The number of aromatic nitrogens is 1. The van der Waals surface area contributed by atoms with Crippen LogP contribution in [-0.4, -0.2) is 34.3 Å². The van der Waals surface area contributed by atoms with E-state index < -0.39 is 5.91 Å². The maximum absolute atomic E-state index is 13.1. The number of hydrogen-bond acceptors (Lipinski definition) is 5. The van der Waals surface area contributed by atoms with Crippen molar-refractivity contribution < 1.29 is 19.1 Å². The molecule has 7 nitrogen and oxygen atoms in total. The van der Waals surface area contributed by atoms with E-state index in [2.05, 4.69) is 11.5 Å². The van der Waals surface area contributed by atoms with Gasteiger partial charge in [0.05, 0.1) is 0 Å². The molecule has 2 amide bonds. The second-order valence-electron chi connectivity index (χ2n) is 12.6. The van der Waals surface area contributed by atoms with Gasteiger partial charge in [0.2, 0.25) is 11.8 Å². The fraction of sp³-hybridized carbons (Fsp3) is 0.447. The summed E-state index contributed by atoms with van der Waals surface area (Å²) in [5, 5.41) is 0. The number of amides is 2. The van der Waals surface area contributed by atoms with Crippen molar-refractivity contribution in [3.63, 3.8) is 0 Å². The lowest BCUT2D eigenvalue weighted by molar-refractivity contribution is -0.128. The SMILES string of the molecule is C=CC(=O)N1CCCCCCCCCCC2CCC1CC(c1ccc(C(N)=O)c(Oc3ccc(Oc4ccccc4)cc3)n1)C2. The van der Waals surface area contributed by atoms with Gasteiger partial charge in [-0.05, 0) is 92.6 Å². The molecule has 0 spiro atoms. The van der Waals surface area contributed by atoms with E-state index in [9.17, 15) is 9.59 Å². The standard InChI is InChI=1S/C38H47N3O4/c1-2-36(42)41-25-13-8-6-4-3-5-7-10-14-28-17-18-30(41)27-29(26-28)35-24-23-34(37(39)43)38(40-35)45-33-21-19-32(20-22-33)44-31-15-11-9-12-16-31/h2,9,11-12,15-16,19-24,28-30H,1,3-8,10,13-14,17-18,25-27H2,(H2,39,43). The highest BCUT2D eigenvalue weighted by Gasteiger charge is 2.32. The van der Waals surface area contributed by atoms with Crippen LogP contribution in [0, 0.1) is 5.92 Å². The molecule has 2 aliphatic rings. The molecule has 45 heavy (non-hydrogen) atoms. The molecule has 2 heterocycles. The van der Waals surface area contributed by atoms with Crippen molar-refractivity contribution in [2.24, 2.45) is 11.7 Å². The molecule has 2 N–H and O–H groups in total. The minimum atomic E-state index is -0.589. The first-order valence-electron chi connectivity index (χ1n) is 16.7. The molecule has 3 unspecified atom stereocenters. The van der Waals surface area contributed by atoms with E-state index in [0.29, 0.717) is 17.4 Å². The maximum Gasteiger partial charge on any atom is 0.254 e. The van der Waals surface area contributed by atoms with Crippen molar-refractivity contribution in [1.29, 1.82) is 0 Å². The lowest BCUT2D eigenvalue weighted by atomic mass is 9.86. The molecule has 1 aromatic heterocycles. The van der Waals surface area contributed by atoms with Crippen LogP contribution < -0.4 is 15.2 Å². The van der Waals surface area contributed by atoms with E-state index in [-0.39, 0.29) is 29.3 Å². The summed E-state index contributed by atoms with van der Waals surface area (Å²) in [5.41, 5.74) is 6.88. The molecule has 1 aliphatic carbocycles. The van der Waals surface area contributed by atoms with E-state index in [4.69, 9.17) is 20.2 Å². The summed E-state index contributed by atoms with van der Waals surface area (Å²) in [4.78, 5) is 32.5. The molecule has 1 aliphatic heterocycles. The fourth-order valence-electron chi connectivity index (χ4n) is 6.90. The smallest absolute Gasteiger partial charge is 0.254 e. The van der Waals surface area contributed by atoms with Crippen molar-refractivity contribution >= 4 is 11.8 Å². The molecular weight excluding hydrogens is 562 g/mol. The Morgan fingerprint density at radius 1 is 0.756 bits per heavy atom. The van der Waals surface area contributed by atoms with E-state index >= 15 is 0 Å². The molecule has 7 heteroatoms. The summed E-state index contributed by atoms with van der Waals surface area (Å²) < 4.78 is 12.1. The van der Waals surface area contributed by atoms with Crippen LogP contribution >= 0.6 is 0 Å². The lowest BCUT2D eigenvalue weighted by Gasteiger charge is -2.32. The van der Waals surface area contributed by atoms with E-state index in [1.807, 2.05) is 48.5 Å². The van der Waals surface area contributed by atoms with Crippen molar-refractivity contribution in [3.05, 3.63) is 90.6 Å². The Morgan fingerprint density at radius 3 is 2.09 bits per heavy atom. The number of carbonyl (C=O) groups excluding carboxylic acids is 2. The number of nitrogens with two attached hydrogens (primary N) is 1. The summed E-state index contributed by atoms with van der Waals surface area (Å²) in [7, 11) is 0. The van der Waals surface area contributed by atoms with Crippen LogP contribution in [0.2, 0.25) is 0 Å². The first kappa shape index (κ1) is 32.3. The lowest BCUT2D eigenvalue weighted by Crippen LogP contribution is -2.40. The molecule has 0 radical (unpaired) electrons. The maximum atomic E-state index is 13.1. The largest absolute Gasteiger partial charge is 0.457 e. The summed E-state index contributed by atoms with van der Waals surface area (Å²) in [5.74, 6) is 2.26. The Balaban J connectivity index is 1.39. The monoisotopic (exact) mass is 609 g/mol. The molecule has 1 saturated carbocycles. The van der Waals surface area contributed by atoms with Gasteiger partial charge < -0.3 is 20.1 Å². The second-order valence-corrected chi connectivity index (χ2v) is 12.6. The third-order valence-electron chi connectivity index (χ3n) is 9.33. The molecular formula is C38H47N3O4. The number of nitrogens with zero attached hydrogens (tertiary/aromatic N) is 2. The van der Waals surface area contributed by atoms with Gasteiger partial charge in [-0.15, -0.1) is 0 Å². The predicted octanol–water partition coefficient (Wildman–Crippen LogP) is 8.95. The first-order valence-corrected chi connectivity index (χ1v) is 16.7. The predicted molar refractivity (Wildman–Crippen MR) is 178 cm³/mol. The van der Waals surface area contributed by atoms with E-state index in [1.54, 1.807) is 18.2 Å². The Bertz CT molecular complexity index is 1410. The van der Waals surface area contributed by atoms with Gasteiger partial charge in [-0.1, -0.05) is 76.1 Å². The average molecular weight is 610 g/mol. The van der Waals surface area contributed by atoms with Crippen LogP contribution in [0.15, 0.2) is 79.4 Å². The second kappa shape index (κ2) is 16.3. The molecule has 1 saturated heterocycles. The van der Waals surface area contributed by atoms with Crippen molar-refractivity contribution in [1.82, 2.24) is 9.88 Å². The van der Waals surface area contributed by atoms with Crippen LogP contribution in [-0.2, 0) is 4.79 Å². The normalized spacial score (nSPS) is 21.5. The molecule has 3 aromatic rings. The van der Waals surface area contributed by atoms with Crippen LogP contribution in [0.3, 0.4) is 0 Å². The van der Waals surface area contributed by atoms with Gasteiger partial charge in [0, 0.05) is 24.2 Å². The molecule has 238 valence electrons. The highest BCUT2D eigenvalue weighted by Crippen LogP contribution is 2.40. The van der Waals surface area contributed by atoms with Crippen molar-refractivity contribution in [2.75, 3.05) is 6.54 Å². The topological polar surface area (TPSA) is 94.8 Å². The number of benzene rings is 2. The number of pyridine rings is 1. The van der Waals surface area contributed by atoms with E-state index in [1.165, 1.54) is 51.0 Å². The van der Waals surface area contributed by atoms with Crippen LogP contribution in [0.1, 0.15) is 105 Å². The number of rotatable bonds is 7. The van der Waals surface area contributed by atoms with Crippen molar-refractivity contribution in [3.8, 4) is 23.1 Å². The number of hydrogen-bond donors (Lipinski definition) is 1. The van der Waals surface area contributed by atoms with Gasteiger partial charge >= 0.3 is 0 Å². The van der Waals surface area contributed by atoms with E-state index in [0.717, 1.165) is 56.5 Å². The minimum Gasteiger partial charge on any atom is -0.457 e. The zero-order valence-electron chi connectivity index (χ0n) is 26.4. The number of carbonyl (C=O) groups is 2. The minimum absolute atomic E-state index is 0.0160. The molecule has 5 rings (SSSR count). The quantitative estimate of drug-likeness (QED) is 0.270. The van der Waals surface area contributed by atoms with Gasteiger partial charge in [0.15, 0.2) is 0 Å². The number of para-hydroxylation sites is 1. The fourth-order valence-corrected chi connectivity index (χ4v) is 6.90. The third kappa shape index (κ3) is 9.19. The summed E-state index contributed by atoms with van der Waals surface area (Å²) >= 11 is 0. The van der Waals surface area contributed by atoms with Crippen LogP contribution in [0.4, 0.5) is 0 Å². The molecule has 2 fully saturated rings. The van der Waals surface area contributed by atoms with Crippen LogP contribution in [0.5, 0.6) is 23.1 Å². The Hall–Kier alpha value is -4.13. The molecule has 2 aromatic carbocycles. The average Bonchev–Trinajstić information content (AvgIpc) is 3.27. The number of fused-ring (bicyclic) bond motifs is 3. The van der Waals surface area contributed by atoms with Crippen LogP contribution in [0.25, 0.3) is 0 Å². The number of primary amides is 1. The van der Waals surface area contributed by atoms with Crippen molar-refractivity contribution in [2.45, 2.75) is 95.4 Å². The Labute approximate surface area is 267 Å². The summed E-state index contributed by atoms with van der Waals surface area (Å²) in [6.45, 7) is 4.58. The van der Waals surface area contributed by atoms with Gasteiger partial charge in [0.1, 0.15) is 22.8 Å². The third-order valence-corrected chi connectivity index (χ3v) is 9.33. The highest BCUT2D eigenvalue weighted by molar-refractivity contribution is 5.95. The number of ether oxygens (including phenoxy) is 2. The summed E-state index contributed by atoms with van der Waals surface area (Å²) in [6, 6.07) is 20.6. The molecule has 2 bridgehead atoms. The first-order chi connectivity index (χ1) is 22.0. The highest BCUT2D eigenvalue weighted by atomic mass is 16.5. The van der Waals surface area contributed by atoms with Gasteiger partial charge in [-0.3, -0.25) is 9.59 Å².